The van der Waals surface area contributed by atoms with Crippen LogP contribution >= 0.6 is 0 Å². The maximum atomic E-state index is 11.7. The predicted octanol–water partition coefficient (Wildman–Crippen LogP) is 1.24. The summed E-state index contributed by atoms with van der Waals surface area (Å²) in [4.78, 5) is 24.0. The number of hydrogen-bond donors (Lipinski definition) is 2. The Morgan fingerprint density at radius 1 is 1.33 bits per heavy atom. The minimum absolute atomic E-state index is 0.171. The highest BCUT2D eigenvalue weighted by atomic mass is 16.4. The highest BCUT2D eigenvalue weighted by Gasteiger charge is 2.38. The van der Waals surface area contributed by atoms with Crippen LogP contribution in [0.4, 0.5) is 5.82 Å². The number of carbonyl (C=O) groups is 2. The molecule has 1 aliphatic carbocycles. The number of carboxylic acids is 1. The number of nitrogens with one attached hydrogen (secondary N) is 1. The molecule has 114 valence electrons. The number of aromatic nitrogens is 2. The Labute approximate surface area is 123 Å². The fraction of sp³-hybridized carbons (Fsp3) is 0.571. The van der Waals surface area contributed by atoms with E-state index in [2.05, 4.69) is 15.5 Å². The summed E-state index contributed by atoms with van der Waals surface area (Å²) < 4.78 is 0. The Bertz CT molecular complexity index is 524. The number of hydrogen-bond acceptors (Lipinski definition) is 5. The molecule has 1 saturated carbocycles. The molecule has 0 spiro atoms. The molecule has 7 nitrogen and oxygen atoms in total. The molecule has 1 aliphatic rings. The lowest BCUT2D eigenvalue weighted by molar-refractivity contribution is -0.141. The van der Waals surface area contributed by atoms with Crippen molar-refractivity contribution in [1.82, 2.24) is 15.1 Å². The number of rotatable bonds is 6. The summed E-state index contributed by atoms with van der Waals surface area (Å²) in [5.74, 6) is -0.410. The first kappa shape index (κ1) is 15.2. The van der Waals surface area contributed by atoms with Gasteiger partial charge in [-0.1, -0.05) is 6.42 Å². The molecule has 7 heteroatoms. The molecule has 21 heavy (non-hydrogen) atoms. The number of anilines is 1. The van der Waals surface area contributed by atoms with Crippen LogP contribution in [0.2, 0.25) is 0 Å². The first-order valence-electron chi connectivity index (χ1n) is 6.93. The van der Waals surface area contributed by atoms with E-state index in [1.165, 1.54) is 4.90 Å². The summed E-state index contributed by atoms with van der Waals surface area (Å²) in [6, 6.07) is 3.30. The van der Waals surface area contributed by atoms with Crippen molar-refractivity contribution >= 4 is 17.7 Å². The van der Waals surface area contributed by atoms with Crippen LogP contribution in [-0.4, -0.2) is 52.7 Å². The molecule has 1 aromatic heterocycles. The number of nitrogens with zero attached hydrogens (tertiary/aromatic N) is 3. The van der Waals surface area contributed by atoms with E-state index < -0.39 is 5.97 Å². The standard InChI is InChI=1S/C14H20N4O3/c1-18(2)13(21)10-4-5-11(17-16-10)15-9-14(6-3-7-14)8-12(19)20/h4-5H,3,6-9H2,1-2H3,(H,15,17)(H,19,20). The van der Waals surface area contributed by atoms with Crippen molar-refractivity contribution in [3.05, 3.63) is 17.8 Å². The van der Waals surface area contributed by atoms with Crippen molar-refractivity contribution in [1.29, 1.82) is 0 Å². The Hall–Kier alpha value is -2.18. The number of carbonyl (C=O) groups excluding carboxylic acids is 1. The Balaban J connectivity index is 1.94. The third-order valence-electron chi connectivity index (χ3n) is 3.87. The highest BCUT2D eigenvalue weighted by Crippen LogP contribution is 2.43. The second-order valence-electron chi connectivity index (χ2n) is 5.78. The zero-order valence-corrected chi connectivity index (χ0v) is 12.3. The molecule has 1 amide bonds. The molecular formula is C14H20N4O3. The molecule has 1 aromatic rings. The zero-order valence-electron chi connectivity index (χ0n) is 12.3. The lowest BCUT2D eigenvalue weighted by atomic mass is 9.66. The van der Waals surface area contributed by atoms with Crippen LogP contribution in [-0.2, 0) is 4.79 Å². The van der Waals surface area contributed by atoms with Gasteiger partial charge in [-0.25, -0.2) is 0 Å². The molecule has 0 saturated heterocycles. The van der Waals surface area contributed by atoms with Crippen LogP contribution in [0.3, 0.4) is 0 Å². The minimum Gasteiger partial charge on any atom is -0.481 e. The van der Waals surface area contributed by atoms with Gasteiger partial charge in [0, 0.05) is 20.6 Å². The van der Waals surface area contributed by atoms with Crippen LogP contribution < -0.4 is 5.32 Å². The zero-order chi connectivity index (χ0) is 15.5. The molecule has 1 fully saturated rings. The molecule has 0 radical (unpaired) electrons. The SMILES string of the molecule is CN(C)C(=O)c1ccc(NCC2(CC(=O)O)CCC2)nn1. The number of aliphatic carboxylic acids is 1. The van der Waals surface area contributed by atoms with Crippen LogP contribution in [0.15, 0.2) is 12.1 Å². The molecular weight excluding hydrogens is 272 g/mol. The second-order valence-corrected chi connectivity index (χ2v) is 5.78. The van der Waals surface area contributed by atoms with E-state index in [1.807, 2.05) is 0 Å². The molecule has 0 aliphatic heterocycles. The first-order chi connectivity index (χ1) is 9.92. The van der Waals surface area contributed by atoms with Crippen LogP contribution in [0.25, 0.3) is 0 Å². The number of carboxylic acid groups (broad SMARTS) is 1. The fourth-order valence-electron chi connectivity index (χ4n) is 2.46. The van der Waals surface area contributed by atoms with E-state index >= 15 is 0 Å². The van der Waals surface area contributed by atoms with Gasteiger partial charge in [0.25, 0.3) is 5.91 Å². The quantitative estimate of drug-likeness (QED) is 0.819. The van der Waals surface area contributed by atoms with Crippen LogP contribution in [0.5, 0.6) is 0 Å². The lowest BCUT2D eigenvalue weighted by Gasteiger charge is -2.40. The van der Waals surface area contributed by atoms with E-state index in [9.17, 15) is 9.59 Å². The van der Waals surface area contributed by atoms with E-state index in [0.29, 0.717) is 12.4 Å². The van der Waals surface area contributed by atoms with Crippen molar-refractivity contribution in [2.75, 3.05) is 26.0 Å². The first-order valence-corrected chi connectivity index (χ1v) is 6.93. The summed E-state index contributed by atoms with van der Waals surface area (Å²) in [6.45, 7) is 0.564. The van der Waals surface area contributed by atoms with Gasteiger partial charge in [-0.15, -0.1) is 10.2 Å². The van der Waals surface area contributed by atoms with Gasteiger partial charge in [-0.05, 0) is 30.4 Å². The maximum absolute atomic E-state index is 11.7. The third-order valence-corrected chi connectivity index (χ3v) is 3.87. The molecule has 2 rings (SSSR count). The average Bonchev–Trinajstić information content (AvgIpc) is 2.41. The summed E-state index contributed by atoms with van der Waals surface area (Å²) in [5.41, 5.74) is 0.112. The second kappa shape index (κ2) is 6.07. The summed E-state index contributed by atoms with van der Waals surface area (Å²) >= 11 is 0. The van der Waals surface area contributed by atoms with Crippen molar-refractivity contribution in [2.24, 2.45) is 5.41 Å². The number of amides is 1. The molecule has 0 aromatic carbocycles. The lowest BCUT2D eigenvalue weighted by Crippen LogP contribution is -2.38. The Morgan fingerprint density at radius 3 is 2.48 bits per heavy atom. The van der Waals surface area contributed by atoms with Crippen LogP contribution in [0.1, 0.15) is 36.2 Å². The third kappa shape index (κ3) is 3.68. The topological polar surface area (TPSA) is 95.4 Å². The monoisotopic (exact) mass is 292 g/mol. The maximum Gasteiger partial charge on any atom is 0.303 e. The average molecular weight is 292 g/mol. The molecule has 0 bridgehead atoms. The smallest absolute Gasteiger partial charge is 0.303 e. The Kier molecular flexibility index (Phi) is 4.40. The molecule has 1 heterocycles. The predicted molar refractivity (Wildman–Crippen MR) is 77.1 cm³/mol. The normalized spacial score (nSPS) is 15.9. The van der Waals surface area contributed by atoms with Gasteiger partial charge in [-0.2, -0.15) is 0 Å². The summed E-state index contributed by atoms with van der Waals surface area (Å²) in [7, 11) is 3.31. The largest absolute Gasteiger partial charge is 0.481 e. The van der Waals surface area contributed by atoms with Crippen molar-refractivity contribution in [2.45, 2.75) is 25.7 Å². The summed E-state index contributed by atoms with van der Waals surface area (Å²) in [5, 5.41) is 19.9. The van der Waals surface area contributed by atoms with Crippen molar-refractivity contribution in [3.8, 4) is 0 Å². The van der Waals surface area contributed by atoms with E-state index in [0.717, 1.165) is 19.3 Å². The van der Waals surface area contributed by atoms with Gasteiger partial charge in [0.15, 0.2) is 5.69 Å². The van der Waals surface area contributed by atoms with Gasteiger partial charge in [0.2, 0.25) is 0 Å². The van der Waals surface area contributed by atoms with Crippen LogP contribution in [0, 0.1) is 5.41 Å². The van der Waals surface area contributed by atoms with Crippen molar-refractivity contribution < 1.29 is 14.7 Å². The van der Waals surface area contributed by atoms with Gasteiger partial charge < -0.3 is 15.3 Å². The van der Waals surface area contributed by atoms with E-state index in [1.54, 1.807) is 26.2 Å². The molecule has 2 N–H and O–H groups in total. The van der Waals surface area contributed by atoms with Gasteiger partial charge in [0.1, 0.15) is 5.82 Å². The van der Waals surface area contributed by atoms with E-state index in [4.69, 9.17) is 5.11 Å². The van der Waals surface area contributed by atoms with Gasteiger partial charge in [-0.3, -0.25) is 9.59 Å². The Morgan fingerprint density at radius 2 is 2.05 bits per heavy atom. The minimum atomic E-state index is -0.769. The van der Waals surface area contributed by atoms with Gasteiger partial charge in [0.05, 0.1) is 6.42 Å². The fourth-order valence-corrected chi connectivity index (χ4v) is 2.46. The van der Waals surface area contributed by atoms with Gasteiger partial charge >= 0.3 is 5.97 Å². The molecule has 0 atom stereocenters. The molecule has 0 unspecified atom stereocenters. The van der Waals surface area contributed by atoms with Crippen molar-refractivity contribution in [3.63, 3.8) is 0 Å². The summed E-state index contributed by atoms with van der Waals surface area (Å²) in [6.07, 6.45) is 3.06. The van der Waals surface area contributed by atoms with E-state index in [-0.39, 0.29) is 23.4 Å². The highest BCUT2D eigenvalue weighted by molar-refractivity contribution is 5.91.